The number of aliphatic imine (C=N–C) groups is 1. The number of benzene rings is 2. The Kier molecular flexibility index (Phi) is 5.09. The van der Waals surface area contributed by atoms with Crippen LogP contribution in [-0.4, -0.2) is 48.5 Å². The smallest absolute Gasteiger partial charge is 0.238 e. The number of anilines is 1. The second-order valence-electron chi connectivity index (χ2n) is 7.70. The van der Waals surface area contributed by atoms with Gasteiger partial charge in [0.1, 0.15) is 5.92 Å². The topological polar surface area (TPSA) is 61.8 Å². The molecule has 0 aromatic heterocycles. The highest BCUT2D eigenvalue weighted by atomic mass is 16.2. The molecule has 0 bridgehead atoms. The van der Waals surface area contributed by atoms with E-state index in [0.717, 1.165) is 48.5 Å². The molecular formula is C23H25N3O2. The van der Waals surface area contributed by atoms with E-state index < -0.39 is 5.92 Å². The highest BCUT2D eigenvalue weighted by molar-refractivity contribution is 6.24. The van der Waals surface area contributed by atoms with Crippen LogP contribution >= 0.6 is 0 Å². The number of piperidine rings is 1. The molecule has 0 radical (unpaired) electrons. The van der Waals surface area contributed by atoms with Gasteiger partial charge >= 0.3 is 0 Å². The normalized spacial score (nSPS) is 20.7. The molecule has 2 aromatic carbocycles. The Hall–Kier alpha value is -2.79. The quantitative estimate of drug-likeness (QED) is 0.657. The van der Waals surface area contributed by atoms with Crippen molar-refractivity contribution in [2.24, 2.45) is 4.99 Å². The maximum atomic E-state index is 12.9. The summed E-state index contributed by atoms with van der Waals surface area (Å²) in [6.45, 7) is 3.57. The average molecular weight is 375 g/mol. The first kappa shape index (κ1) is 18.6. The summed E-state index contributed by atoms with van der Waals surface area (Å²) < 4.78 is 0. The third-order valence-corrected chi connectivity index (χ3v) is 5.64. The number of likely N-dealkylation sites (tertiary alicyclic amines) is 1. The van der Waals surface area contributed by atoms with Crippen LogP contribution in [0.15, 0.2) is 53.5 Å². The third-order valence-electron chi connectivity index (χ3n) is 5.64. The van der Waals surface area contributed by atoms with Gasteiger partial charge in [0, 0.05) is 11.3 Å². The van der Waals surface area contributed by atoms with Gasteiger partial charge in [-0.1, -0.05) is 30.3 Å². The number of ketones is 1. The molecule has 0 spiro atoms. The molecular weight excluding hydrogens is 350 g/mol. The van der Waals surface area contributed by atoms with Gasteiger partial charge in [0.15, 0.2) is 5.78 Å². The summed E-state index contributed by atoms with van der Waals surface area (Å²) in [5.74, 6) is -0.572. The van der Waals surface area contributed by atoms with Crippen LogP contribution in [0.3, 0.4) is 0 Å². The van der Waals surface area contributed by atoms with Crippen molar-refractivity contribution < 1.29 is 9.59 Å². The summed E-state index contributed by atoms with van der Waals surface area (Å²) in [6.07, 6.45) is 1.98. The van der Waals surface area contributed by atoms with Crippen LogP contribution in [0, 0.1) is 0 Å². The van der Waals surface area contributed by atoms with Gasteiger partial charge in [-0.15, -0.1) is 0 Å². The van der Waals surface area contributed by atoms with Gasteiger partial charge in [-0.2, -0.15) is 0 Å². The zero-order chi connectivity index (χ0) is 19.7. The lowest BCUT2D eigenvalue weighted by molar-refractivity contribution is -0.115. The summed E-state index contributed by atoms with van der Waals surface area (Å²) in [6, 6.07) is 15.6. The van der Waals surface area contributed by atoms with Crippen molar-refractivity contribution >= 4 is 23.1 Å². The van der Waals surface area contributed by atoms with Crippen LogP contribution in [0.5, 0.6) is 0 Å². The SMILES string of the molecule is CC(=O)c1ccc2c(c1)C(C(=NC1CCN(C)CC1)c1ccccc1)C(=O)N2. The number of hydrogen-bond donors (Lipinski definition) is 1. The molecule has 0 saturated carbocycles. The number of amides is 1. The summed E-state index contributed by atoms with van der Waals surface area (Å²) in [4.78, 5) is 32.2. The van der Waals surface area contributed by atoms with Crippen LogP contribution in [0.25, 0.3) is 0 Å². The number of carbonyl (C=O) groups is 2. The van der Waals surface area contributed by atoms with Gasteiger partial charge in [-0.05, 0) is 69.2 Å². The van der Waals surface area contributed by atoms with Gasteiger partial charge in [0.05, 0.1) is 11.8 Å². The number of nitrogens with zero attached hydrogens (tertiary/aromatic N) is 2. The Bertz CT molecular complexity index is 928. The second kappa shape index (κ2) is 7.68. The van der Waals surface area contributed by atoms with Crippen molar-refractivity contribution in [1.29, 1.82) is 0 Å². The molecule has 144 valence electrons. The van der Waals surface area contributed by atoms with Crippen molar-refractivity contribution in [3.8, 4) is 0 Å². The molecule has 1 atom stereocenters. The van der Waals surface area contributed by atoms with Gasteiger partial charge in [-0.25, -0.2) is 0 Å². The van der Waals surface area contributed by atoms with Gasteiger partial charge in [0.2, 0.25) is 5.91 Å². The predicted molar refractivity (Wildman–Crippen MR) is 111 cm³/mol. The van der Waals surface area contributed by atoms with Gasteiger partial charge in [-0.3, -0.25) is 14.6 Å². The Balaban J connectivity index is 1.78. The molecule has 2 heterocycles. The number of fused-ring (bicyclic) bond motifs is 1. The zero-order valence-corrected chi connectivity index (χ0v) is 16.3. The molecule has 1 N–H and O–H groups in total. The van der Waals surface area contributed by atoms with Gasteiger partial charge < -0.3 is 10.2 Å². The number of hydrogen-bond acceptors (Lipinski definition) is 4. The maximum absolute atomic E-state index is 12.9. The van der Waals surface area contributed by atoms with Crippen LogP contribution < -0.4 is 5.32 Å². The lowest BCUT2D eigenvalue weighted by Gasteiger charge is -2.28. The minimum absolute atomic E-state index is 0.00517. The predicted octanol–water partition coefficient (Wildman–Crippen LogP) is 3.51. The molecule has 5 nitrogen and oxygen atoms in total. The number of rotatable bonds is 4. The van der Waals surface area contributed by atoms with E-state index in [-0.39, 0.29) is 17.7 Å². The fourth-order valence-electron chi connectivity index (χ4n) is 4.00. The molecule has 2 aliphatic rings. The van der Waals surface area contributed by atoms with Crippen molar-refractivity contribution in [3.05, 3.63) is 65.2 Å². The Morgan fingerprint density at radius 1 is 1.07 bits per heavy atom. The molecule has 1 amide bonds. The summed E-state index contributed by atoms with van der Waals surface area (Å²) in [7, 11) is 2.13. The molecule has 1 saturated heterocycles. The second-order valence-corrected chi connectivity index (χ2v) is 7.70. The van der Waals surface area contributed by atoms with Crippen LogP contribution in [-0.2, 0) is 4.79 Å². The lowest BCUT2D eigenvalue weighted by Crippen LogP contribution is -2.33. The van der Waals surface area contributed by atoms with Crippen LogP contribution in [0.1, 0.15) is 47.2 Å². The number of carbonyl (C=O) groups excluding carboxylic acids is 2. The van der Waals surface area contributed by atoms with Crippen molar-refractivity contribution in [1.82, 2.24) is 4.90 Å². The summed E-state index contributed by atoms with van der Waals surface area (Å²) in [5, 5.41) is 2.97. The third kappa shape index (κ3) is 3.62. The lowest BCUT2D eigenvalue weighted by atomic mass is 9.89. The fraction of sp³-hybridized carbons (Fsp3) is 0.348. The van der Waals surface area contributed by atoms with E-state index in [9.17, 15) is 9.59 Å². The van der Waals surface area contributed by atoms with E-state index in [2.05, 4.69) is 17.3 Å². The molecule has 2 aromatic rings. The Labute approximate surface area is 165 Å². The van der Waals surface area contributed by atoms with E-state index in [0.29, 0.717) is 5.56 Å². The zero-order valence-electron chi connectivity index (χ0n) is 16.3. The summed E-state index contributed by atoms with van der Waals surface area (Å²) in [5.41, 5.74) is 3.99. The molecule has 1 fully saturated rings. The van der Waals surface area contributed by atoms with Gasteiger partial charge in [0.25, 0.3) is 0 Å². The molecule has 2 aliphatic heterocycles. The molecule has 4 rings (SSSR count). The maximum Gasteiger partial charge on any atom is 0.238 e. The van der Waals surface area contributed by atoms with E-state index in [1.165, 1.54) is 0 Å². The number of Topliss-reactive ketones (excluding diaryl/α,β-unsaturated/α-hetero) is 1. The minimum Gasteiger partial charge on any atom is -0.325 e. The highest BCUT2D eigenvalue weighted by Gasteiger charge is 2.36. The highest BCUT2D eigenvalue weighted by Crippen LogP contribution is 2.36. The first-order valence-electron chi connectivity index (χ1n) is 9.80. The largest absolute Gasteiger partial charge is 0.325 e. The van der Waals surface area contributed by atoms with E-state index in [1.807, 2.05) is 42.5 Å². The number of nitrogens with one attached hydrogen (secondary N) is 1. The van der Waals surface area contributed by atoms with Crippen LogP contribution in [0.2, 0.25) is 0 Å². The fourth-order valence-corrected chi connectivity index (χ4v) is 4.00. The molecule has 0 aliphatic carbocycles. The standard InChI is InChI=1S/C23H25N3O2/c1-15(27)17-8-9-20-19(14-17)21(23(28)25-20)22(16-6-4-3-5-7-16)24-18-10-12-26(2)13-11-18/h3-9,14,18,21H,10-13H2,1-2H3,(H,25,28). The van der Waals surface area contributed by atoms with Crippen LogP contribution in [0.4, 0.5) is 5.69 Å². The Morgan fingerprint density at radius 2 is 1.79 bits per heavy atom. The minimum atomic E-state index is -0.489. The molecule has 5 heteroatoms. The molecule has 28 heavy (non-hydrogen) atoms. The first-order chi connectivity index (χ1) is 13.5. The van der Waals surface area contributed by atoms with Crippen molar-refractivity contribution in [3.63, 3.8) is 0 Å². The van der Waals surface area contributed by atoms with E-state index in [1.54, 1.807) is 13.0 Å². The first-order valence-corrected chi connectivity index (χ1v) is 9.80. The van der Waals surface area contributed by atoms with E-state index in [4.69, 9.17) is 4.99 Å². The Morgan fingerprint density at radius 3 is 2.46 bits per heavy atom. The average Bonchev–Trinajstić information content (AvgIpc) is 3.03. The monoisotopic (exact) mass is 375 g/mol. The van der Waals surface area contributed by atoms with E-state index >= 15 is 0 Å². The van der Waals surface area contributed by atoms with Crippen molar-refractivity contribution in [2.45, 2.75) is 31.7 Å². The molecule has 1 unspecified atom stereocenters. The van der Waals surface area contributed by atoms with Crippen molar-refractivity contribution in [2.75, 3.05) is 25.5 Å². The summed E-state index contributed by atoms with van der Waals surface area (Å²) >= 11 is 0.